The third kappa shape index (κ3) is 5.86. The summed E-state index contributed by atoms with van der Waals surface area (Å²) in [6.07, 6.45) is 7.05. The Kier molecular flexibility index (Phi) is 7.98. The largest absolute Gasteiger partial charge is 0.492 e. The van der Waals surface area contributed by atoms with Crippen LogP contribution in [0.2, 0.25) is 0 Å². The van der Waals surface area contributed by atoms with Gasteiger partial charge < -0.3 is 14.8 Å². The number of hydrogen-bond donors (Lipinski definition) is 1. The quantitative estimate of drug-likeness (QED) is 0.342. The predicted octanol–water partition coefficient (Wildman–Crippen LogP) is 5.34. The zero-order chi connectivity index (χ0) is 26.5. The zero-order valence-corrected chi connectivity index (χ0v) is 22.3. The fourth-order valence-corrected chi connectivity index (χ4v) is 6.06. The van der Waals surface area contributed by atoms with Crippen LogP contribution in [0.25, 0.3) is 0 Å². The van der Waals surface area contributed by atoms with Gasteiger partial charge in [-0.3, -0.25) is 14.5 Å². The van der Waals surface area contributed by atoms with Crippen LogP contribution in [0.3, 0.4) is 0 Å². The average Bonchev–Trinajstić information content (AvgIpc) is 3.39. The van der Waals surface area contributed by atoms with Crippen molar-refractivity contribution in [1.29, 1.82) is 0 Å². The summed E-state index contributed by atoms with van der Waals surface area (Å²) in [6.45, 7) is 10.3. The van der Waals surface area contributed by atoms with Gasteiger partial charge in [0.15, 0.2) is 0 Å². The van der Waals surface area contributed by atoms with Gasteiger partial charge in [-0.1, -0.05) is 61.1 Å². The lowest BCUT2D eigenvalue weighted by Gasteiger charge is -2.26. The molecule has 1 saturated carbocycles. The van der Waals surface area contributed by atoms with Crippen LogP contribution in [-0.4, -0.2) is 49.6 Å². The van der Waals surface area contributed by atoms with Crippen molar-refractivity contribution >= 4 is 17.6 Å². The summed E-state index contributed by atoms with van der Waals surface area (Å²) in [6, 6.07) is 15.5. The minimum absolute atomic E-state index is 0.0906. The molecule has 2 fully saturated rings. The van der Waals surface area contributed by atoms with Crippen LogP contribution in [0, 0.1) is 11.3 Å². The lowest BCUT2D eigenvalue weighted by atomic mass is 9.75. The van der Waals surface area contributed by atoms with E-state index in [4.69, 9.17) is 9.47 Å². The summed E-state index contributed by atoms with van der Waals surface area (Å²) >= 11 is 0. The number of amides is 1. The first-order valence-corrected chi connectivity index (χ1v) is 13.8. The van der Waals surface area contributed by atoms with E-state index in [1.165, 1.54) is 0 Å². The standard InChI is InChI=1S/C32H38N2O4/c1-3-24-12-14-34(15-13-24)16-17-37-29-7-5-4-6-26(29)19-30(35)33-28-10-8-25(9-11-28)21-32-20-23(2)18-27(32)22-38-31(32)36/h4-12,27H,2-3,13-22H2,1H3,(H,33,35). The molecule has 0 bridgehead atoms. The van der Waals surface area contributed by atoms with E-state index >= 15 is 0 Å². The highest BCUT2D eigenvalue weighted by Gasteiger charge is 2.55. The Morgan fingerprint density at radius 2 is 2.03 bits per heavy atom. The van der Waals surface area contributed by atoms with E-state index in [2.05, 4.69) is 29.8 Å². The summed E-state index contributed by atoms with van der Waals surface area (Å²) < 4.78 is 11.5. The highest BCUT2D eigenvalue weighted by molar-refractivity contribution is 5.92. The number of nitrogens with zero attached hydrogens (tertiary/aromatic N) is 1. The third-order valence-corrected chi connectivity index (χ3v) is 8.29. The third-order valence-electron chi connectivity index (χ3n) is 8.29. The lowest BCUT2D eigenvalue weighted by molar-refractivity contribution is -0.146. The van der Waals surface area contributed by atoms with Gasteiger partial charge in [0.05, 0.1) is 18.4 Å². The van der Waals surface area contributed by atoms with Crippen molar-refractivity contribution in [2.24, 2.45) is 11.3 Å². The fraction of sp³-hybridized carbons (Fsp3) is 0.438. The maximum Gasteiger partial charge on any atom is 0.313 e. The molecule has 3 aliphatic rings. The molecule has 1 amide bonds. The number of hydrogen-bond acceptors (Lipinski definition) is 5. The number of esters is 1. The number of carbonyl (C=O) groups excluding carboxylic acids is 2. The van der Waals surface area contributed by atoms with Crippen LogP contribution in [0.4, 0.5) is 5.69 Å². The van der Waals surface area contributed by atoms with Gasteiger partial charge in [0.2, 0.25) is 5.91 Å². The molecule has 0 spiro atoms. The SMILES string of the molecule is C=C1CC2COC(=O)C2(Cc2ccc(NC(=O)Cc3ccccc3OCCN3CC=C(CC)CC3)cc2)C1. The molecule has 1 N–H and O–H groups in total. The van der Waals surface area contributed by atoms with E-state index in [-0.39, 0.29) is 24.2 Å². The summed E-state index contributed by atoms with van der Waals surface area (Å²) in [5.41, 5.74) is 4.87. The number of allylic oxidation sites excluding steroid dienone is 1. The maximum atomic E-state index is 12.9. The highest BCUT2D eigenvalue weighted by atomic mass is 16.5. The molecule has 38 heavy (non-hydrogen) atoms. The van der Waals surface area contributed by atoms with E-state index in [0.29, 0.717) is 26.1 Å². The van der Waals surface area contributed by atoms with Gasteiger partial charge in [-0.25, -0.2) is 0 Å². The minimum atomic E-state index is -0.477. The first kappa shape index (κ1) is 26.2. The number of ether oxygens (including phenoxy) is 2. The van der Waals surface area contributed by atoms with E-state index in [0.717, 1.165) is 67.0 Å². The Balaban J connectivity index is 1.13. The van der Waals surface area contributed by atoms with Gasteiger partial charge in [-0.05, 0) is 55.9 Å². The molecule has 1 aliphatic carbocycles. The van der Waals surface area contributed by atoms with E-state index in [9.17, 15) is 9.59 Å². The zero-order valence-electron chi connectivity index (χ0n) is 22.3. The van der Waals surface area contributed by atoms with Crippen molar-refractivity contribution in [2.45, 2.75) is 45.4 Å². The average molecular weight is 515 g/mol. The number of carbonyl (C=O) groups is 2. The monoisotopic (exact) mass is 514 g/mol. The van der Waals surface area contributed by atoms with Crippen molar-refractivity contribution in [3.8, 4) is 5.75 Å². The van der Waals surface area contributed by atoms with E-state index in [1.54, 1.807) is 5.57 Å². The molecule has 6 nitrogen and oxygen atoms in total. The van der Waals surface area contributed by atoms with Gasteiger partial charge in [0.25, 0.3) is 0 Å². The van der Waals surface area contributed by atoms with Crippen LogP contribution >= 0.6 is 0 Å². The summed E-state index contributed by atoms with van der Waals surface area (Å²) in [5, 5.41) is 3.00. The van der Waals surface area contributed by atoms with Crippen LogP contribution < -0.4 is 10.1 Å². The molecule has 2 aliphatic heterocycles. The first-order chi connectivity index (χ1) is 18.4. The number of anilines is 1. The Morgan fingerprint density at radius 1 is 1.21 bits per heavy atom. The number of nitrogens with one attached hydrogen (secondary N) is 1. The fourth-order valence-electron chi connectivity index (χ4n) is 6.06. The summed E-state index contributed by atoms with van der Waals surface area (Å²) in [4.78, 5) is 27.8. The molecule has 5 rings (SSSR count). The number of benzene rings is 2. The van der Waals surface area contributed by atoms with Crippen molar-refractivity contribution in [3.05, 3.63) is 83.5 Å². The second kappa shape index (κ2) is 11.6. The van der Waals surface area contributed by atoms with E-state index < -0.39 is 5.41 Å². The summed E-state index contributed by atoms with van der Waals surface area (Å²) in [5.74, 6) is 0.787. The van der Waals surface area contributed by atoms with Gasteiger partial charge in [0.1, 0.15) is 12.4 Å². The number of rotatable bonds is 10. The van der Waals surface area contributed by atoms with Gasteiger partial charge >= 0.3 is 5.97 Å². The second-order valence-corrected chi connectivity index (χ2v) is 10.9. The van der Waals surface area contributed by atoms with Crippen molar-refractivity contribution in [1.82, 2.24) is 4.90 Å². The van der Waals surface area contributed by atoms with Crippen LogP contribution in [0.15, 0.2) is 72.3 Å². The molecule has 200 valence electrons. The Hall–Kier alpha value is -3.38. The first-order valence-electron chi connectivity index (χ1n) is 13.8. The van der Waals surface area contributed by atoms with Crippen molar-refractivity contribution < 1.29 is 19.1 Å². The van der Waals surface area contributed by atoms with Crippen LogP contribution in [-0.2, 0) is 27.2 Å². The van der Waals surface area contributed by atoms with Gasteiger partial charge in [0, 0.05) is 36.8 Å². The Labute approximate surface area is 225 Å². The number of cyclic esters (lactones) is 1. The molecular formula is C32H38N2O4. The van der Waals surface area contributed by atoms with Crippen LogP contribution in [0.1, 0.15) is 43.7 Å². The predicted molar refractivity (Wildman–Crippen MR) is 149 cm³/mol. The number of para-hydroxylation sites is 1. The maximum absolute atomic E-state index is 12.9. The topological polar surface area (TPSA) is 67.9 Å². The van der Waals surface area contributed by atoms with Gasteiger partial charge in [-0.15, -0.1) is 0 Å². The molecule has 2 heterocycles. The summed E-state index contributed by atoms with van der Waals surface area (Å²) in [7, 11) is 0. The number of fused-ring (bicyclic) bond motifs is 1. The molecule has 2 aromatic rings. The Bertz CT molecular complexity index is 1220. The molecule has 2 unspecified atom stereocenters. The van der Waals surface area contributed by atoms with Gasteiger partial charge in [-0.2, -0.15) is 0 Å². The molecule has 2 aromatic carbocycles. The highest BCUT2D eigenvalue weighted by Crippen LogP contribution is 2.52. The molecule has 2 atom stereocenters. The molecule has 6 heteroatoms. The minimum Gasteiger partial charge on any atom is -0.492 e. The smallest absolute Gasteiger partial charge is 0.313 e. The van der Waals surface area contributed by atoms with E-state index in [1.807, 2.05) is 48.5 Å². The molecule has 0 aromatic heterocycles. The van der Waals surface area contributed by atoms with Crippen molar-refractivity contribution in [3.63, 3.8) is 0 Å². The normalized spacial score (nSPS) is 23.1. The molecule has 0 radical (unpaired) electrons. The van der Waals surface area contributed by atoms with Crippen LogP contribution in [0.5, 0.6) is 5.75 Å². The lowest BCUT2D eigenvalue weighted by Crippen LogP contribution is -2.32. The second-order valence-electron chi connectivity index (χ2n) is 10.9. The Morgan fingerprint density at radius 3 is 2.79 bits per heavy atom. The molecule has 1 saturated heterocycles. The van der Waals surface area contributed by atoms with Crippen molar-refractivity contribution in [2.75, 3.05) is 38.2 Å². The molecular weight excluding hydrogens is 476 g/mol.